The second-order valence-electron chi connectivity index (χ2n) is 4.05. The zero-order valence-electron chi connectivity index (χ0n) is 10.1. The third-order valence-electron chi connectivity index (χ3n) is 2.40. The Hall–Kier alpha value is -0.130. The van der Waals surface area contributed by atoms with Gasteiger partial charge in [-0.1, -0.05) is 0 Å². The van der Waals surface area contributed by atoms with Crippen LogP contribution in [0.25, 0.3) is 0 Å². The van der Waals surface area contributed by atoms with Crippen LogP contribution in [0.1, 0.15) is 6.92 Å². The second-order valence-corrected chi connectivity index (χ2v) is 6.04. The van der Waals surface area contributed by atoms with E-state index in [1.54, 1.807) is 0 Å². The first-order valence-corrected chi connectivity index (χ1v) is 7.00. The van der Waals surface area contributed by atoms with Gasteiger partial charge < -0.3 is 45.8 Å². The number of hydrogen-bond donors (Lipinski definition) is 8. The van der Waals surface area contributed by atoms with E-state index < -0.39 is 50.7 Å². The molecule has 11 heteroatoms. The summed E-state index contributed by atoms with van der Waals surface area (Å²) in [6, 6.07) is 0. The number of nitrogens with two attached hydrogens (primary N) is 1. The highest BCUT2D eigenvalue weighted by Gasteiger charge is 2.42. The maximum Gasteiger partial charge on any atom is 0.341 e. The predicted molar refractivity (Wildman–Crippen MR) is 61.7 cm³/mol. The van der Waals surface area contributed by atoms with E-state index in [0.717, 1.165) is 0 Å². The summed E-state index contributed by atoms with van der Waals surface area (Å²) >= 11 is 0. The van der Waals surface area contributed by atoms with Gasteiger partial charge in [-0.05, 0) is 6.92 Å². The minimum atomic E-state index is -3.96. The molecule has 19 heavy (non-hydrogen) atoms. The average molecular weight is 305 g/mol. The molecule has 116 valence electrons. The van der Waals surface area contributed by atoms with E-state index >= 15 is 0 Å². The van der Waals surface area contributed by atoms with Crippen LogP contribution in [0.5, 0.6) is 0 Å². The minimum absolute atomic E-state index is 0.526. The lowest BCUT2D eigenvalue weighted by Crippen LogP contribution is -2.58. The van der Waals surface area contributed by atoms with E-state index in [1.807, 2.05) is 0 Å². The molecule has 1 aliphatic heterocycles. The molecule has 1 saturated heterocycles. The second kappa shape index (κ2) is 7.60. The normalized spacial score (nSPS) is 37.2. The van der Waals surface area contributed by atoms with Gasteiger partial charge in [0.2, 0.25) is 0 Å². The molecular weight excluding hydrogens is 285 g/mol. The quantitative estimate of drug-likeness (QED) is 0.235. The van der Waals surface area contributed by atoms with Crippen molar-refractivity contribution in [2.45, 2.75) is 43.4 Å². The maximum atomic E-state index is 9.90. The van der Waals surface area contributed by atoms with Crippen molar-refractivity contribution in [3.63, 3.8) is 0 Å². The van der Waals surface area contributed by atoms with Crippen molar-refractivity contribution < 1.29 is 44.6 Å². The van der Waals surface area contributed by atoms with Gasteiger partial charge >= 0.3 is 7.60 Å². The van der Waals surface area contributed by atoms with Crippen LogP contribution in [0, 0.1) is 0 Å². The van der Waals surface area contributed by atoms with Gasteiger partial charge in [0.15, 0.2) is 6.29 Å². The van der Waals surface area contributed by atoms with Crippen molar-refractivity contribution in [3.8, 4) is 0 Å². The van der Waals surface area contributed by atoms with Crippen LogP contribution in [-0.2, 0) is 9.30 Å². The fraction of sp³-hybridized carbons (Fsp3) is 1.00. The first-order chi connectivity index (χ1) is 8.52. The Morgan fingerprint density at radius 2 is 1.58 bits per heavy atom. The van der Waals surface area contributed by atoms with Gasteiger partial charge in [0.05, 0.1) is 6.61 Å². The molecule has 0 aromatic heterocycles. The largest absolute Gasteiger partial charge is 0.394 e. The lowest BCUT2D eigenvalue weighted by molar-refractivity contribution is -0.286. The number of rotatable bonds is 2. The van der Waals surface area contributed by atoms with E-state index in [2.05, 4.69) is 4.74 Å². The molecule has 0 aromatic rings. The van der Waals surface area contributed by atoms with Crippen molar-refractivity contribution >= 4 is 7.60 Å². The third kappa shape index (κ3) is 5.79. The van der Waals surface area contributed by atoms with Crippen LogP contribution in [-0.4, -0.2) is 78.4 Å². The molecule has 0 radical (unpaired) electrons. The summed E-state index contributed by atoms with van der Waals surface area (Å²) in [4.78, 5) is 16.2. The van der Waals surface area contributed by atoms with Gasteiger partial charge in [0.1, 0.15) is 30.2 Å². The van der Waals surface area contributed by atoms with E-state index in [-0.39, 0.29) is 0 Å². The molecule has 0 spiro atoms. The highest BCUT2D eigenvalue weighted by atomic mass is 31.2. The van der Waals surface area contributed by atoms with E-state index in [1.165, 1.54) is 6.92 Å². The molecule has 0 bridgehead atoms. The highest BCUT2D eigenvalue weighted by Crippen LogP contribution is 2.37. The topological polar surface area (TPSA) is 194 Å². The summed E-state index contributed by atoms with van der Waals surface area (Å²) in [6.45, 7) is 0.739. The third-order valence-corrected chi connectivity index (χ3v) is 3.46. The Bertz CT molecular complexity index is 304. The molecule has 0 aromatic carbocycles. The number of hydrogen-bond acceptors (Lipinski definition) is 8. The first kappa shape index (κ1) is 18.9. The molecule has 1 unspecified atom stereocenters. The molecule has 0 amide bonds. The molecule has 10 nitrogen and oxygen atoms in total. The number of aliphatic hydroxyl groups is 5. The fourth-order valence-corrected chi connectivity index (χ4v) is 1.08. The molecule has 9 N–H and O–H groups in total. The van der Waals surface area contributed by atoms with Gasteiger partial charge in [-0.15, -0.1) is 0 Å². The standard InChI is InChI=1S/C6H12O6.C2H8NO3P/c7-1-2-3(8)4(9)5(10)6(11)12-2;1-2(3)7(4,5)6/h2-11H,1H2;2H,3H2,1H3,(H2,4,5,6)/t2-,3+,4+,5-,6-;/m1./s1. The Labute approximate surface area is 109 Å². The van der Waals surface area contributed by atoms with Crippen LogP contribution in [0.3, 0.4) is 0 Å². The van der Waals surface area contributed by atoms with Crippen molar-refractivity contribution in [3.05, 3.63) is 0 Å². The Balaban J connectivity index is 0.000000399. The predicted octanol–water partition coefficient (Wildman–Crippen LogP) is -3.75. The van der Waals surface area contributed by atoms with Crippen LogP contribution in [0.4, 0.5) is 0 Å². The highest BCUT2D eigenvalue weighted by molar-refractivity contribution is 7.52. The van der Waals surface area contributed by atoms with Crippen LogP contribution in [0.2, 0.25) is 0 Å². The van der Waals surface area contributed by atoms with Gasteiger partial charge in [-0.25, -0.2) is 0 Å². The zero-order chi connectivity index (χ0) is 15.4. The van der Waals surface area contributed by atoms with Gasteiger partial charge in [-0.2, -0.15) is 0 Å². The summed E-state index contributed by atoms with van der Waals surface area (Å²) in [5.41, 5.74) is 4.81. The summed E-state index contributed by atoms with van der Waals surface area (Å²) < 4.78 is 14.5. The van der Waals surface area contributed by atoms with Crippen LogP contribution < -0.4 is 5.73 Å². The molecule has 0 saturated carbocycles. The first-order valence-electron chi connectivity index (χ1n) is 5.31. The molecule has 1 aliphatic rings. The molecule has 1 fully saturated rings. The molecule has 6 atom stereocenters. The molecule has 0 aliphatic carbocycles. The Kier molecular flexibility index (Phi) is 7.55. The van der Waals surface area contributed by atoms with E-state index in [9.17, 15) is 4.57 Å². The Morgan fingerprint density at radius 1 is 1.16 bits per heavy atom. The monoisotopic (exact) mass is 305 g/mol. The summed E-state index contributed by atoms with van der Waals surface area (Å²) in [5, 5.41) is 44.7. The van der Waals surface area contributed by atoms with Crippen LogP contribution in [0.15, 0.2) is 0 Å². The molecule has 1 heterocycles. The SMILES string of the molecule is CC(N)P(=O)(O)O.OC[C@H]1O[C@@H](O)[C@H](O)[C@@H](O)[C@H]1O. The Morgan fingerprint density at radius 3 is 1.89 bits per heavy atom. The number of ether oxygens (including phenoxy) is 1. The average Bonchev–Trinajstić information content (AvgIpc) is 2.30. The minimum Gasteiger partial charge on any atom is -0.394 e. The van der Waals surface area contributed by atoms with E-state index in [0.29, 0.717) is 0 Å². The summed E-state index contributed by atoms with van der Waals surface area (Å²) in [6.07, 6.45) is -7.04. The summed E-state index contributed by atoms with van der Waals surface area (Å²) in [7, 11) is -3.96. The van der Waals surface area contributed by atoms with Crippen molar-refractivity contribution in [2.24, 2.45) is 5.73 Å². The van der Waals surface area contributed by atoms with Crippen molar-refractivity contribution in [1.29, 1.82) is 0 Å². The molecule has 1 rings (SSSR count). The van der Waals surface area contributed by atoms with Crippen LogP contribution >= 0.6 is 7.60 Å². The fourth-order valence-electron chi connectivity index (χ4n) is 1.08. The smallest absolute Gasteiger partial charge is 0.341 e. The van der Waals surface area contributed by atoms with E-state index in [4.69, 9.17) is 41.1 Å². The van der Waals surface area contributed by atoms with Crippen molar-refractivity contribution in [1.82, 2.24) is 0 Å². The van der Waals surface area contributed by atoms with Gasteiger partial charge in [0.25, 0.3) is 0 Å². The summed E-state index contributed by atoms with van der Waals surface area (Å²) in [5.74, 6) is -1.03. The van der Waals surface area contributed by atoms with Gasteiger partial charge in [0, 0.05) is 0 Å². The lowest BCUT2D eigenvalue weighted by Gasteiger charge is -2.37. The van der Waals surface area contributed by atoms with Crippen molar-refractivity contribution in [2.75, 3.05) is 6.61 Å². The lowest BCUT2D eigenvalue weighted by atomic mass is 10.00. The zero-order valence-corrected chi connectivity index (χ0v) is 11.0. The molecular formula is C8H20NO9P. The number of aliphatic hydroxyl groups excluding tert-OH is 5. The van der Waals surface area contributed by atoms with Gasteiger partial charge in [-0.3, -0.25) is 4.57 Å². The maximum absolute atomic E-state index is 9.90.